The number of benzene rings is 3. The van der Waals surface area contributed by atoms with Crippen molar-refractivity contribution in [3.8, 4) is 0 Å². The Morgan fingerprint density at radius 3 is 1.26 bits per heavy atom. The SMILES string of the molecule is [2H]c1c([2H])c([C@@]2([2H])[C@H](Nc3nc(SCCC)nc4c3nnn4[C@@H]3C[C@H](OCCO)[C@@H](O)[C@H]3O)C2([2H])[2H])c([2H])c(F)c1C.[2H]c1c([2H])c([C@]2([2H])C[C@H]2Nc2nc(SC([2H])([2H])C([2H])([2H])C)nc3c2nnn3[C@@H]2C[C@H](OC([2H])([2H])C([2H])([2H])O)[C@@H](O)[C@H]2O)c([2H])c(F)c1C.[2H]c1c([2H])c([C@]2([2H])C[C@H]2Nc2nc(SC([2H])([2H])C([2H])([2H])C)nc3c2nnn3[C@@H]2C[C@H](OC([2H])([2H])CO)[C@@H](O)[C@H]2O)c([2H])c(F)c1C. The third-order valence-corrected chi connectivity index (χ3v) is 20.5. The summed E-state index contributed by atoms with van der Waals surface area (Å²) < 4.78 is 291. The van der Waals surface area contributed by atoms with Gasteiger partial charge in [-0.15, -0.1) is 15.3 Å². The van der Waals surface area contributed by atoms with Crippen LogP contribution in [0.4, 0.5) is 30.6 Å². The average Bonchev–Trinajstić information content (AvgIpc) is 1.49. The number of anilines is 3. The van der Waals surface area contributed by atoms with Crippen LogP contribution in [-0.4, -0.2) is 251 Å². The molecule has 0 unspecified atom stereocenters. The lowest BCUT2D eigenvalue weighted by molar-refractivity contribution is -0.0629. The average molecular weight is 1580 g/mol. The minimum atomic E-state index is -3.47. The molecule has 18 atom stereocenters. The van der Waals surface area contributed by atoms with Crippen LogP contribution in [0.5, 0.6) is 0 Å². The second-order valence-electron chi connectivity index (χ2n) is 25.3. The van der Waals surface area contributed by atoms with Gasteiger partial charge in [-0.25, -0.2) is 57.1 Å². The predicted octanol–water partition coefficient (Wildman–Crippen LogP) is 6.55. The maximum atomic E-state index is 14.8. The summed E-state index contributed by atoms with van der Waals surface area (Å²) >= 11 is 1.93. The van der Waals surface area contributed by atoms with Crippen molar-refractivity contribution in [3.05, 3.63) is 105 Å². The lowest BCUT2D eigenvalue weighted by atomic mass is 10.1. The molecule has 0 aliphatic heterocycles. The van der Waals surface area contributed by atoms with Crippen molar-refractivity contribution < 1.29 is 112 Å². The third kappa shape index (κ3) is 17.5. The molecule has 12 N–H and O–H groups in total. The third-order valence-electron chi connectivity index (χ3n) is 18.1. The number of aliphatic hydroxyl groups excluding tert-OH is 8. The minimum Gasteiger partial charge on any atom is -0.394 e. The standard InChI is InChI=1S/3C24H31FN6O4S/c3*1-3-8-36-24-27-22(26-16-10-14(16)13-5-4-12(2)15(25)9-13)19-23(28-24)31(30-29-19)17-11-18(35-7-6-32)21(34)20(17)33/h3*4-5,9,14,16-18,20-21,32-34H,3,6-8,10-11H2,1-2H3,(H,26,27,28)/t3*14-,16+,17+,18-,20-,21+/m000/s1/i3D2,4D,5D,6D2,7D2,8D2,9D,14D;3D2,4D,5D,7D2,8D2,9D,14D;4D,5D,9D,10D2,14D. The van der Waals surface area contributed by atoms with Gasteiger partial charge < -0.3 is 76.1 Å². The van der Waals surface area contributed by atoms with Crippen molar-refractivity contribution in [1.29, 1.82) is 0 Å². The number of hydrogen-bond acceptors (Lipinski definition) is 30. The second kappa shape index (κ2) is 35.1. The Kier molecular flexibility index (Phi) is 16.5. The van der Waals surface area contributed by atoms with Crippen LogP contribution in [-0.2, 0) is 14.2 Å². The van der Waals surface area contributed by atoms with E-state index in [2.05, 4.69) is 76.8 Å². The van der Waals surface area contributed by atoms with E-state index in [0.717, 1.165) is 29.6 Å². The van der Waals surface area contributed by atoms with Crippen molar-refractivity contribution in [2.75, 3.05) is 72.6 Å². The maximum Gasteiger partial charge on any atom is 0.191 e. The highest BCUT2D eigenvalue weighted by Gasteiger charge is 2.49. The smallest absolute Gasteiger partial charge is 0.191 e. The van der Waals surface area contributed by atoms with Gasteiger partial charge in [-0.05, 0) is 111 Å². The van der Waals surface area contributed by atoms with Gasteiger partial charge in [0.2, 0.25) is 0 Å². The van der Waals surface area contributed by atoms with Crippen LogP contribution in [0, 0.1) is 38.2 Å². The van der Waals surface area contributed by atoms with Gasteiger partial charge in [0.1, 0.15) is 54.1 Å². The molecule has 6 aliphatic carbocycles. The Morgan fingerprint density at radius 1 is 0.500 bits per heavy atom. The van der Waals surface area contributed by atoms with E-state index in [1.54, 1.807) is 0 Å². The van der Waals surface area contributed by atoms with E-state index in [0.29, 0.717) is 29.3 Å². The highest BCUT2D eigenvalue weighted by molar-refractivity contribution is 7.99. The first-order valence-electron chi connectivity index (χ1n) is 47.7. The molecule has 6 aromatic heterocycles. The van der Waals surface area contributed by atoms with Crippen molar-refractivity contribution in [2.45, 2.75) is 224 Å². The molecule has 0 bridgehead atoms. The zero-order valence-corrected chi connectivity index (χ0v) is 60.5. The zero-order valence-electron chi connectivity index (χ0n) is 86.0. The summed E-state index contributed by atoms with van der Waals surface area (Å²) in [5.74, 6) is -8.54. The summed E-state index contributed by atoms with van der Waals surface area (Å²) in [6, 6.07) is -11.5. The Hall–Kier alpha value is -7.14. The van der Waals surface area contributed by atoms with Crippen LogP contribution in [0.3, 0.4) is 0 Å². The molecule has 0 spiro atoms. The lowest BCUT2D eigenvalue weighted by Crippen LogP contribution is -2.33. The number of rotatable bonds is 30. The Bertz CT molecular complexity index is 6010. The highest BCUT2D eigenvalue weighted by Crippen LogP contribution is 2.48. The summed E-state index contributed by atoms with van der Waals surface area (Å²) in [5, 5.41) is 125. The zero-order chi connectivity index (χ0) is 101. The molecule has 6 heterocycles. The number of hydrogen-bond donors (Lipinski definition) is 12. The van der Waals surface area contributed by atoms with E-state index in [4.69, 9.17) is 57.7 Å². The molecule has 6 saturated carbocycles. The monoisotopic (exact) mass is 1580 g/mol. The fraction of sp³-hybridized carbons (Fsp3) is 0.583. The molecule has 0 saturated heterocycles. The van der Waals surface area contributed by atoms with E-state index >= 15 is 0 Å². The van der Waals surface area contributed by atoms with Gasteiger partial charge in [0.25, 0.3) is 0 Å². The van der Waals surface area contributed by atoms with Crippen molar-refractivity contribution >= 4 is 86.2 Å². The number of halogens is 3. The molecule has 3 aromatic carbocycles. The van der Waals surface area contributed by atoms with E-state index in [9.17, 15) is 54.0 Å². The molecule has 582 valence electrons. The molecule has 0 amide bonds. The molecule has 36 heteroatoms. The van der Waals surface area contributed by atoms with E-state index in [-0.39, 0.29) is 133 Å². The topological polar surface area (TPSA) is 415 Å². The Labute approximate surface area is 672 Å². The first kappa shape index (κ1) is 50.7. The van der Waals surface area contributed by atoms with Crippen molar-refractivity contribution in [3.63, 3.8) is 0 Å². The second-order valence-corrected chi connectivity index (χ2v) is 27.9. The number of aliphatic hydroxyl groups is 9. The molecule has 9 aromatic rings. The fourth-order valence-electron chi connectivity index (χ4n) is 12.3. The molecule has 30 nitrogen and oxygen atoms in total. The van der Waals surface area contributed by atoms with Gasteiger partial charge in [-0.3, -0.25) is 0 Å². The number of thioether (sulfide) groups is 3. The van der Waals surface area contributed by atoms with Crippen LogP contribution in [0.2, 0.25) is 0 Å². The number of nitrogens with one attached hydrogen (secondary N) is 3. The molecule has 15 rings (SSSR count). The van der Waals surface area contributed by atoms with Crippen molar-refractivity contribution in [1.82, 2.24) is 74.9 Å². The first-order valence-corrected chi connectivity index (χ1v) is 36.4. The number of nitrogens with zero attached hydrogens (tertiary/aromatic N) is 15. The van der Waals surface area contributed by atoms with Gasteiger partial charge >= 0.3 is 0 Å². The molecule has 0 radical (unpaired) electrons. The quantitative estimate of drug-likeness (QED) is 0.0168. The normalized spacial score (nSPS) is 34.8. The van der Waals surface area contributed by atoms with Gasteiger partial charge in [-0.1, -0.05) is 108 Å². The first-order chi connectivity index (χ1) is 62.8. The van der Waals surface area contributed by atoms with Gasteiger partial charge in [0.15, 0.2) is 66.4 Å². The summed E-state index contributed by atoms with van der Waals surface area (Å²) in [6.45, 7) is -2.82. The summed E-state index contributed by atoms with van der Waals surface area (Å²) in [4.78, 5) is 26.2. The van der Waals surface area contributed by atoms with Gasteiger partial charge in [-0.2, -0.15) is 0 Å². The Balaban J connectivity index is 0.000000173. The summed E-state index contributed by atoms with van der Waals surface area (Å²) in [7, 11) is 0. The molecular weight excluding hydrogens is 1460 g/mol. The largest absolute Gasteiger partial charge is 0.394 e. The Morgan fingerprint density at radius 2 is 0.880 bits per heavy atom. The number of aromatic nitrogens is 15. The number of ether oxygens (including phenoxy) is 3. The fourth-order valence-corrected chi connectivity index (χ4v) is 13.9. The van der Waals surface area contributed by atoms with Gasteiger partial charge in [0, 0.05) is 90.1 Å². The molecule has 6 fully saturated rings. The van der Waals surface area contributed by atoms with Gasteiger partial charge in [0.05, 0.1) is 96.5 Å². The summed E-state index contributed by atoms with van der Waals surface area (Å²) in [5.41, 5.74) is -7.16. The molecule has 6 aliphatic rings. The van der Waals surface area contributed by atoms with Crippen LogP contribution in [0.25, 0.3) is 33.5 Å². The van der Waals surface area contributed by atoms with Crippen LogP contribution in [0.1, 0.15) is 186 Å². The van der Waals surface area contributed by atoms with Crippen LogP contribution < -0.4 is 16.0 Å². The van der Waals surface area contributed by atoms with Crippen LogP contribution >= 0.6 is 35.3 Å². The van der Waals surface area contributed by atoms with Crippen LogP contribution in [0.15, 0.2) is 69.9 Å². The van der Waals surface area contributed by atoms with E-state index < -0.39 is 249 Å². The van der Waals surface area contributed by atoms with E-state index in [1.165, 1.54) is 37.2 Å². The lowest BCUT2D eigenvalue weighted by Gasteiger charge is -2.17. The predicted molar refractivity (Wildman–Crippen MR) is 398 cm³/mol. The minimum absolute atomic E-state index is 0.00529. The van der Waals surface area contributed by atoms with Crippen molar-refractivity contribution in [2.24, 2.45) is 0 Å². The molecule has 108 heavy (non-hydrogen) atoms. The molecular formula is C72H93F3N18O12S3. The maximum absolute atomic E-state index is 14.8. The highest BCUT2D eigenvalue weighted by atomic mass is 32.2. The number of fused-ring (bicyclic) bond motifs is 3. The van der Waals surface area contributed by atoms with E-state index in [1.807, 2.05) is 6.92 Å². The summed E-state index contributed by atoms with van der Waals surface area (Å²) in [6.07, 6.45) is -19.8.